The molecule has 2 fully saturated rings. The molecule has 2 aliphatic rings. The number of carboxylic acids is 1. The van der Waals surface area contributed by atoms with Crippen LogP contribution < -0.4 is 5.32 Å². The van der Waals surface area contributed by atoms with Crippen LogP contribution in [0.3, 0.4) is 0 Å². The number of carbonyl (C=O) groups is 2. The van der Waals surface area contributed by atoms with Crippen molar-refractivity contribution in [3.8, 4) is 11.3 Å². The molecule has 4 rings (SSSR count). The number of aromatic nitrogens is 2. The number of rotatable bonds is 10. The Balaban J connectivity index is 0.00000441. The molecule has 0 bridgehead atoms. The van der Waals surface area contributed by atoms with Crippen LogP contribution in [0, 0.1) is 0 Å². The highest BCUT2D eigenvalue weighted by molar-refractivity contribution is 5.94. The minimum absolute atomic E-state index is 0. The van der Waals surface area contributed by atoms with E-state index in [4.69, 9.17) is 0 Å². The molecule has 40 heavy (non-hydrogen) atoms. The molecular weight excluding hydrogens is 552 g/mol. The highest BCUT2D eigenvalue weighted by atomic mass is 35.5. The minimum atomic E-state index is -3.11. The first-order valence-corrected chi connectivity index (χ1v) is 13.6. The van der Waals surface area contributed by atoms with E-state index in [1.165, 1.54) is 18.2 Å². The molecule has 1 aliphatic heterocycles. The van der Waals surface area contributed by atoms with Gasteiger partial charge in [0.15, 0.2) is 5.69 Å². The van der Waals surface area contributed by atoms with Crippen molar-refractivity contribution < 1.29 is 32.3 Å². The Morgan fingerprint density at radius 2 is 1.88 bits per heavy atom. The summed E-state index contributed by atoms with van der Waals surface area (Å²) in [5.41, 5.74) is 0.514. The van der Waals surface area contributed by atoms with Crippen molar-refractivity contribution in [2.75, 3.05) is 13.1 Å². The van der Waals surface area contributed by atoms with Gasteiger partial charge < -0.3 is 10.4 Å². The quantitative estimate of drug-likeness (QED) is 0.319. The van der Waals surface area contributed by atoms with E-state index >= 15 is 0 Å². The molecule has 2 N–H and O–H groups in total. The number of piperidine rings is 1. The van der Waals surface area contributed by atoms with Crippen molar-refractivity contribution in [1.29, 1.82) is 0 Å². The molecule has 1 amide bonds. The summed E-state index contributed by atoms with van der Waals surface area (Å²) < 4.78 is 58.5. The summed E-state index contributed by atoms with van der Waals surface area (Å²) in [5, 5.41) is 16.6. The van der Waals surface area contributed by atoms with Crippen LogP contribution in [0.15, 0.2) is 30.3 Å². The lowest BCUT2D eigenvalue weighted by Crippen LogP contribution is -2.49. The van der Waals surface area contributed by atoms with Gasteiger partial charge in [-0.15, -0.1) is 12.4 Å². The molecule has 1 aromatic heterocycles. The van der Waals surface area contributed by atoms with Gasteiger partial charge in [0.25, 0.3) is 17.8 Å². The standard InChI is InChI=1S/C28H36F4N4O3.ClH/c1-18-11-13-28(31,32)17-35(18)14-12-19(15-25(37)38)33-26(39)23-16-24(36(34-23)20-7-3-4-8-20)21-9-5-6-10-22(21)27(2,29)30;/h5-6,9-10,16,18-20H,3-4,7-8,11-15,17H2,1-2H3,(H,33,39)(H,37,38);1H/t18?,19-;/m0./s1. The first-order valence-electron chi connectivity index (χ1n) is 13.6. The average Bonchev–Trinajstić information content (AvgIpc) is 3.54. The van der Waals surface area contributed by atoms with E-state index in [1.807, 2.05) is 6.92 Å². The molecule has 2 atom stereocenters. The Bertz CT molecular complexity index is 1180. The second-order valence-electron chi connectivity index (χ2n) is 11.0. The fourth-order valence-electron chi connectivity index (χ4n) is 5.67. The van der Waals surface area contributed by atoms with E-state index in [-0.39, 0.29) is 67.1 Å². The number of carbonyl (C=O) groups excluding carboxylic acids is 1. The molecule has 1 aliphatic carbocycles. The zero-order valence-electron chi connectivity index (χ0n) is 22.7. The van der Waals surface area contributed by atoms with Crippen molar-refractivity contribution in [2.45, 2.75) is 95.2 Å². The van der Waals surface area contributed by atoms with Crippen molar-refractivity contribution in [1.82, 2.24) is 20.0 Å². The smallest absolute Gasteiger partial charge is 0.305 e. The zero-order valence-corrected chi connectivity index (χ0v) is 23.5. The fourth-order valence-corrected chi connectivity index (χ4v) is 5.67. The predicted molar refractivity (Wildman–Crippen MR) is 145 cm³/mol. The summed E-state index contributed by atoms with van der Waals surface area (Å²) in [6, 6.07) is 6.67. The van der Waals surface area contributed by atoms with Crippen LogP contribution >= 0.6 is 12.4 Å². The van der Waals surface area contributed by atoms with Gasteiger partial charge in [0, 0.05) is 43.1 Å². The molecule has 2 heterocycles. The van der Waals surface area contributed by atoms with Gasteiger partial charge in [-0.3, -0.25) is 19.2 Å². The molecule has 2 aromatic rings. The van der Waals surface area contributed by atoms with E-state index in [9.17, 15) is 32.3 Å². The van der Waals surface area contributed by atoms with E-state index in [2.05, 4.69) is 10.4 Å². The normalized spacial score (nSPS) is 20.6. The Labute approximate surface area is 237 Å². The number of halogens is 5. The maximum atomic E-state index is 14.5. The van der Waals surface area contributed by atoms with Crippen LogP contribution in [-0.2, 0) is 10.7 Å². The molecule has 0 radical (unpaired) electrons. The van der Waals surface area contributed by atoms with Crippen LogP contribution in [0.5, 0.6) is 0 Å². The second-order valence-corrected chi connectivity index (χ2v) is 11.0. The lowest BCUT2D eigenvalue weighted by atomic mass is 9.99. The second kappa shape index (κ2) is 12.9. The topological polar surface area (TPSA) is 87.5 Å². The third-order valence-electron chi connectivity index (χ3n) is 7.82. The lowest BCUT2D eigenvalue weighted by Gasteiger charge is -2.38. The third-order valence-corrected chi connectivity index (χ3v) is 7.82. The van der Waals surface area contributed by atoms with Crippen molar-refractivity contribution in [2.24, 2.45) is 0 Å². The van der Waals surface area contributed by atoms with Gasteiger partial charge in [0.1, 0.15) is 0 Å². The summed E-state index contributed by atoms with van der Waals surface area (Å²) in [5.74, 6) is -7.67. The van der Waals surface area contributed by atoms with E-state index < -0.39 is 36.3 Å². The van der Waals surface area contributed by atoms with Gasteiger partial charge in [0.2, 0.25) is 0 Å². The molecule has 222 valence electrons. The number of carboxylic acid groups (broad SMARTS) is 1. The van der Waals surface area contributed by atoms with E-state index in [0.717, 1.165) is 32.6 Å². The molecule has 1 aromatic carbocycles. The third kappa shape index (κ3) is 7.75. The first kappa shape index (κ1) is 31.9. The highest BCUT2D eigenvalue weighted by Crippen LogP contribution is 2.39. The van der Waals surface area contributed by atoms with Crippen LogP contribution in [0.2, 0.25) is 0 Å². The molecule has 1 saturated heterocycles. The van der Waals surface area contributed by atoms with Crippen LogP contribution in [0.4, 0.5) is 17.6 Å². The summed E-state index contributed by atoms with van der Waals surface area (Å²) in [6.45, 7) is 2.48. The molecule has 0 spiro atoms. The van der Waals surface area contributed by atoms with Crippen LogP contribution in [0.25, 0.3) is 11.3 Å². The van der Waals surface area contributed by atoms with Gasteiger partial charge in [-0.2, -0.15) is 5.10 Å². The maximum Gasteiger partial charge on any atom is 0.305 e. The molecule has 1 saturated carbocycles. The van der Waals surface area contributed by atoms with Crippen LogP contribution in [-0.4, -0.2) is 62.8 Å². The molecule has 1 unspecified atom stereocenters. The van der Waals surface area contributed by atoms with Crippen molar-refractivity contribution in [3.05, 3.63) is 41.6 Å². The Morgan fingerprint density at radius 1 is 1.20 bits per heavy atom. The zero-order chi connectivity index (χ0) is 28.4. The molecule has 7 nitrogen and oxygen atoms in total. The number of aliphatic carboxylic acids is 1. The fraction of sp³-hybridized carbons (Fsp3) is 0.607. The Morgan fingerprint density at radius 3 is 2.52 bits per heavy atom. The summed E-state index contributed by atoms with van der Waals surface area (Å²) in [7, 11) is 0. The maximum absolute atomic E-state index is 14.5. The van der Waals surface area contributed by atoms with E-state index in [1.54, 1.807) is 21.7 Å². The SMILES string of the molecule is CC1CCC(F)(F)CN1CC[C@@H](CC(=O)O)NC(=O)c1cc(-c2ccccc2C(C)(F)F)n(C2CCCC2)n1.Cl. The Hall–Kier alpha value is -2.66. The van der Waals surface area contributed by atoms with Gasteiger partial charge in [-0.1, -0.05) is 37.1 Å². The number of amides is 1. The number of hydrogen-bond donors (Lipinski definition) is 2. The van der Waals surface area contributed by atoms with Crippen LogP contribution in [0.1, 0.15) is 87.3 Å². The molecule has 12 heteroatoms. The lowest BCUT2D eigenvalue weighted by molar-refractivity contribution is -0.137. The first-order chi connectivity index (χ1) is 18.3. The molecular formula is C28H37ClF4N4O3. The summed E-state index contributed by atoms with van der Waals surface area (Å²) in [6.07, 6.45) is 3.48. The average molecular weight is 589 g/mol. The highest BCUT2D eigenvalue weighted by Gasteiger charge is 2.38. The number of likely N-dealkylation sites (tertiary alicyclic amines) is 1. The van der Waals surface area contributed by atoms with Gasteiger partial charge >= 0.3 is 5.97 Å². The minimum Gasteiger partial charge on any atom is -0.481 e. The number of benzene rings is 1. The van der Waals surface area contributed by atoms with Gasteiger partial charge in [-0.05, 0) is 38.7 Å². The Kier molecular flexibility index (Phi) is 10.3. The number of hydrogen-bond acceptors (Lipinski definition) is 4. The van der Waals surface area contributed by atoms with Crippen molar-refractivity contribution in [3.63, 3.8) is 0 Å². The van der Waals surface area contributed by atoms with Gasteiger partial charge in [-0.25, -0.2) is 17.6 Å². The van der Waals surface area contributed by atoms with E-state index in [0.29, 0.717) is 12.1 Å². The number of alkyl halides is 4. The number of nitrogens with zero attached hydrogens (tertiary/aromatic N) is 3. The summed E-state index contributed by atoms with van der Waals surface area (Å²) in [4.78, 5) is 26.4. The number of nitrogens with one attached hydrogen (secondary N) is 1. The van der Waals surface area contributed by atoms with Crippen molar-refractivity contribution >= 4 is 24.3 Å². The van der Waals surface area contributed by atoms with Gasteiger partial charge in [0.05, 0.1) is 24.7 Å². The monoisotopic (exact) mass is 588 g/mol. The largest absolute Gasteiger partial charge is 0.481 e. The predicted octanol–water partition coefficient (Wildman–Crippen LogP) is 6.28. The summed E-state index contributed by atoms with van der Waals surface area (Å²) >= 11 is 0.